The molecule has 0 saturated heterocycles. The summed E-state index contributed by atoms with van der Waals surface area (Å²) in [6.45, 7) is 2.28. The zero-order valence-corrected chi connectivity index (χ0v) is 8.92. The zero-order valence-electron chi connectivity index (χ0n) is 8.10. The first-order valence-corrected chi connectivity index (χ1v) is 5.90. The fourth-order valence-corrected chi connectivity index (χ4v) is 3.27. The van der Waals surface area contributed by atoms with E-state index in [9.17, 15) is 0 Å². The van der Waals surface area contributed by atoms with Gasteiger partial charge in [-0.3, -0.25) is 0 Å². The summed E-state index contributed by atoms with van der Waals surface area (Å²) in [5.41, 5.74) is 0. The molecule has 2 heteroatoms. The van der Waals surface area contributed by atoms with E-state index in [-0.39, 0.29) is 0 Å². The molecule has 14 heavy (non-hydrogen) atoms. The first kappa shape index (κ1) is 8.30. The monoisotopic (exact) mass is 202 g/mol. The maximum atomic E-state index is 2.38. The first-order valence-electron chi connectivity index (χ1n) is 4.92. The predicted molar refractivity (Wildman–Crippen MR) is 59.6 cm³/mol. The molecule has 1 aromatic carbocycles. The number of benzene rings is 1. The van der Waals surface area contributed by atoms with Crippen LogP contribution in [0.3, 0.4) is 0 Å². The molecule has 2 heterocycles. The Bertz CT molecular complexity index is 493. The Labute approximate surface area is 87.8 Å². The van der Waals surface area contributed by atoms with E-state index in [0.717, 1.165) is 0 Å². The van der Waals surface area contributed by atoms with E-state index in [2.05, 4.69) is 48.0 Å². The van der Waals surface area contributed by atoms with Gasteiger partial charge in [-0.1, -0.05) is 18.2 Å². The number of fused-ring (bicyclic) bond motifs is 3. The number of rotatable bonds is 0. The standard InChI is InChI=1S/C12H12NS/c1-9-8-14-12-11-5-3-2-4-10(11)6-7-13(9)12/h2-7,9H,8H2,1H3/q+1. The Morgan fingerprint density at radius 2 is 2.14 bits per heavy atom. The molecule has 1 nitrogen and oxygen atoms in total. The van der Waals surface area contributed by atoms with Gasteiger partial charge < -0.3 is 0 Å². The molecule has 1 atom stereocenters. The average molecular weight is 202 g/mol. The van der Waals surface area contributed by atoms with Gasteiger partial charge in [0.2, 0.25) is 5.03 Å². The van der Waals surface area contributed by atoms with Crippen molar-refractivity contribution in [2.75, 3.05) is 5.75 Å². The molecule has 1 aromatic heterocycles. The molecule has 1 aliphatic heterocycles. The Morgan fingerprint density at radius 3 is 3.07 bits per heavy atom. The van der Waals surface area contributed by atoms with Gasteiger partial charge in [-0.15, -0.1) is 0 Å². The van der Waals surface area contributed by atoms with Crippen LogP contribution in [0.4, 0.5) is 0 Å². The van der Waals surface area contributed by atoms with Crippen LogP contribution in [-0.4, -0.2) is 5.75 Å². The molecular weight excluding hydrogens is 190 g/mol. The highest BCUT2D eigenvalue weighted by molar-refractivity contribution is 7.99. The van der Waals surface area contributed by atoms with Gasteiger partial charge in [0.25, 0.3) is 0 Å². The maximum absolute atomic E-state index is 2.38. The summed E-state index contributed by atoms with van der Waals surface area (Å²) in [6.07, 6.45) is 2.21. The van der Waals surface area contributed by atoms with Crippen LogP contribution < -0.4 is 4.57 Å². The third-order valence-electron chi connectivity index (χ3n) is 2.78. The first-order chi connectivity index (χ1) is 6.86. The fraction of sp³-hybridized carbons (Fsp3) is 0.250. The largest absolute Gasteiger partial charge is 0.248 e. The molecule has 0 amide bonds. The van der Waals surface area contributed by atoms with E-state index < -0.39 is 0 Å². The lowest BCUT2D eigenvalue weighted by Crippen LogP contribution is -2.36. The van der Waals surface area contributed by atoms with Crippen LogP contribution in [0.1, 0.15) is 13.0 Å². The molecule has 0 fully saturated rings. The summed E-state index contributed by atoms with van der Waals surface area (Å²) in [7, 11) is 0. The minimum atomic E-state index is 0.639. The summed E-state index contributed by atoms with van der Waals surface area (Å²) in [5, 5.41) is 4.17. The van der Waals surface area contributed by atoms with Crippen LogP contribution in [0.15, 0.2) is 41.6 Å². The smallest absolute Gasteiger partial charge is 0.189 e. The van der Waals surface area contributed by atoms with Gasteiger partial charge in [-0.05, 0) is 30.1 Å². The van der Waals surface area contributed by atoms with Crippen LogP contribution in [0.25, 0.3) is 10.8 Å². The van der Waals surface area contributed by atoms with Crippen LogP contribution >= 0.6 is 11.8 Å². The average Bonchev–Trinajstić information content (AvgIpc) is 2.61. The molecule has 0 saturated carbocycles. The fourth-order valence-electron chi connectivity index (χ4n) is 1.98. The van der Waals surface area contributed by atoms with Crippen molar-refractivity contribution in [2.24, 2.45) is 0 Å². The lowest BCUT2D eigenvalue weighted by Gasteiger charge is -2.00. The molecular formula is C12H12NS+. The SMILES string of the molecule is CC1CSc2c3ccccc3cc[n+]21. The zero-order chi connectivity index (χ0) is 9.54. The summed E-state index contributed by atoms with van der Waals surface area (Å²) in [5.74, 6) is 1.20. The molecule has 1 unspecified atom stereocenters. The lowest BCUT2D eigenvalue weighted by molar-refractivity contribution is -0.742. The summed E-state index contributed by atoms with van der Waals surface area (Å²) >= 11 is 1.97. The highest BCUT2D eigenvalue weighted by Crippen LogP contribution is 2.31. The maximum Gasteiger partial charge on any atom is 0.248 e. The van der Waals surface area contributed by atoms with Gasteiger partial charge in [0.05, 0.1) is 11.1 Å². The molecule has 1 aliphatic rings. The minimum Gasteiger partial charge on any atom is -0.189 e. The van der Waals surface area contributed by atoms with Gasteiger partial charge >= 0.3 is 0 Å². The lowest BCUT2D eigenvalue weighted by atomic mass is 10.2. The summed E-state index contributed by atoms with van der Waals surface area (Å²) < 4.78 is 2.38. The van der Waals surface area contributed by atoms with Crippen molar-refractivity contribution < 1.29 is 4.57 Å². The van der Waals surface area contributed by atoms with Crippen molar-refractivity contribution in [3.63, 3.8) is 0 Å². The topological polar surface area (TPSA) is 3.88 Å². The van der Waals surface area contributed by atoms with E-state index >= 15 is 0 Å². The molecule has 70 valence electrons. The second-order valence-electron chi connectivity index (χ2n) is 3.78. The molecule has 0 aliphatic carbocycles. The number of hydrogen-bond donors (Lipinski definition) is 0. The third kappa shape index (κ3) is 1.07. The van der Waals surface area contributed by atoms with E-state index in [1.165, 1.54) is 21.6 Å². The minimum absolute atomic E-state index is 0.639. The number of pyridine rings is 1. The van der Waals surface area contributed by atoms with E-state index in [0.29, 0.717) is 6.04 Å². The van der Waals surface area contributed by atoms with Crippen molar-refractivity contribution >= 4 is 22.5 Å². The van der Waals surface area contributed by atoms with Gasteiger partial charge in [0.1, 0.15) is 0 Å². The van der Waals surface area contributed by atoms with Crippen molar-refractivity contribution in [1.82, 2.24) is 0 Å². The second kappa shape index (κ2) is 2.99. The Morgan fingerprint density at radius 1 is 1.29 bits per heavy atom. The van der Waals surface area contributed by atoms with Crippen molar-refractivity contribution in [3.05, 3.63) is 36.5 Å². The van der Waals surface area contributed by atoms with Crippen molar-refractivity contribution in [3.8, 4) is 0 Å². The summed E-state index contributed by atoms with van der Waals surface area (Å²) in [6, 6.07) is 11.5. The van der Waals surface area contributed by atoms with Crippen LogP contribution in [-0.2, 0) is 0 Å². The van der Waals surface area contributed by atoms with Crippen LogP contribution in [0, 0.1) is 0 Å². The van der Waals surface area contributed by atoms with E-state index in [4.69, 9.17) is 0 Å². The number of hydrogen-bond acceptors (Lipinski definition) is 1. The summed E-state index contributed by atoms with van der Waals surface area (Å²) in [4.78, 5) is 0. The van der Waals surface area contributed by atoms with Crippen LogP contribution in [0.2, 0.25) is 0 Å². The molecule has 0 radical (unpaired) electrons. The molecule has 0 bridgehead atoms. The molecule has 0 N–H and O–H groups in total. The van der Waals surface area contributed by atoms with Crippen molar-refractivity contribution in [1.29, 1.82) is 0 Å². The van der Waals surface area contributed by atoms with Gasteiger partial charge in [0, 0.05) is 6.07 Å². The molecule has 3 rings (SSSR count). The second-order valence-corrected chi connectivity index (χ2v) is 4.78. The number of thioether (sulfide) groups is 1. The molecule has 2 aromatic rings. The van der Waals surface area contributed by atoms with Gasteiger partial charge in [-0.25, -0.2) is 0 Å². The number of nitrogens with zero attached hydrogens (tertiary/aromatic N) is 1. The van der Waals surface area contributed by atoms with Gasteiger partial charge in [0.15, 0.2) is 12.2 Å². The highest BCUT2D eigenvalue weighted by Gasteiger charge is 2.28. The van der Waals surface area contributed by atoms with E-state index in [1.807, 2.05) is 11.8 Å². The number of aromatic nitrogens is 1. The van der Waals surface area contributed by atoms with Crippen LogP contribution in [0.5, 0.6) is 0 Å². The highest BCUT2D eigenvalue weighted by atomic mass is 32.2. The Balaban J connectivity index is 2.38. The Kier molecular flexibility index (Phi) is 1.77. The van der Waals surface area contributed by atoms with Gasteiger partial charge in [-0.2, -0.15) is 4.57 Å². The molecule has 0 spiro atoms. The third-order valence-corrected chi connectivity index (χ3v) is 4.13. The quantitative estimate of drug-likeness (QED) is 0.594. The predicted octanol–water partition coefficient (Wildman–Crippen LogP) is 2.79. The normalized spacial score (nSPS) is 19.9. The van der Waals surface area contributed by atoms with Crippen molar-refractivity contribution in [2.45, 2.75) is 18.0 Å². The van der Waals surface area contributed by atoms with E-state index in [1.54, 1.807) is 0 Å². The Hall–Kier alpha value is -1.02.